The topological polar surface area (TPSA) is 94.9 Å². The molecule has 7 heteroatoms. The number of nitrogens with zero attached hydrogens (tertiary/aromatic N) is 2. The van der Waals surface area contributed by atoms with Crippen LogP contribution in [0.25, 0.3) is 0 Å². The second-order valence-electron chi connectivity index (χ2n) is 5.89. The lowest BCUT2D eigenvalue weighted by Crippen LogP contribution is -2.10. The lowest BCUT2D eigenvalue weighted by molar-refractivity contribution is -0.114. The number of aryl methyl sites for hydroxylation is 1. The van der Waals surface area contributed by atoms with Crippen LogP contribution in [0.15, 0.2) is 48.5 Å². The van der Waals surface area contributed by atoms with Crippen LogP contribution in [0.1, 0.15) is 33.3 Å². The van der Waals surface area contributed by atoms with Gasteiger partial charge in [-0.2, -0.15) is 5.26 Å². The zero-order valence-corrected chi connectivity index (χ0v) is 15.6. The van der Waals surface area contributed by atoms with E-state index in [2.05, 4.69) is 15.6 Å². The van der Waals surface area contributed by atoms with Crippen LogP contribution in [0, 0.1) is 18.3 Å². The van der Waals surface area contributed by atoms with Crippen LogP contribution in [0.5, 0.6) is 0 Å². The Morgan fingerprint density at radius 3 is 2.33 bits per heavy atom. The van der Waals surface area contributed by atoms with Gasteiger partial charge >= 0.3 is 0 Å². The minimum Gasteiger partial charge on any atom is -0.331 e. The fraction of sp³-hybridized carbons (Fsp3) is 0.100. The molecule has 3 aromatic rings. The van der Waals surface area contributed by atoms with Crippen LogP contribution in [0.3, 0.4) is 0 Å². The van der Waals surface area contributed by atoms with Crippen molar-refractivity contribution in [2.45, 2.75) is 13.8 Å². The fourth-order valence-electron chi connectivity index (χ4n) is 2.37. The van der Waals surface area contributed by atoms with E-state index in [9.17, 15) is 9.59 Å². The number of hydrogen-bond acceptors (Lipinski definition) is 6. The molecule has 0 unspecified atom stereocenters. The van der Waals surface area contributed by atoms with Crippen LogP contribution in [-0.4, -0.2) is 16.7 Å². The van der Waals surface area contributed by atoms with Gasteiger partial charge in [-0.15, -0.1) is 0 Å². The molecule has 0 radical (unpaired) electrons. The summed E-state index contributed by atoms with van der Waals surface area (Å²) >= 11 is 1.16. The summed E-state index contributed by atoms with van der Waals surface area (Å²) in [6, 6.07) is 16.1. The highest BCUT2D eigenvalue weighted by Gasteiger charge is 2.20. The Morgan fingerprint density at radius 1 is 1.07 bits per heavy atom. The van der Waals surface area contributed by atoms with E-state index in [1.807, 2.05) is 37.3 Å². The first kappa shape index (κ1) is 18.3. The van der Waals surface area contributed by atoms with E-state index >= 15 is 0 Å². The first-order chi connectivity index (χ1) is 13.0. The van der Waals surface area contributed by atoms with Crippen molar-refractivity contribution < 1.29 is 9.59 Å². The maximum atomic E-state index is 12.9. The fourth-order valence-corrected chi connectivity index (χ4v) is 3.27. The third kappa shape index (κ3) is 4.37. The Morgan fingerprint density at radius 2 is 1.74 bits per heavy atom. The van der Waals surface area contributed by atoms with E-state index in [0.29, 0.717) is 21.1 Å². The number of rotatable bonds is 5. The molecule has 3 rings (SSSR count). The average molecular weight is 376 g/mol. The van der Waals surface area contributed by atoms with Crippen LogP contribution >= 0.6 is 11.3 Å². The lowest BCUT2D eigenvalue weighted by Gasteiger charge is -2.02. The lowest BCUT2D eigenvalue weighted by atomic mass is 10.1. The highest BCUT2D eigenvalue weighted by atomic mass is 32.1. The van der Waals surface area contributed by atoms with Gasteiger partial charge in [0.1, 0.15) is 4.88 Å². The molecule has 0 aliphatic heterocycles. The first-order valence-electron chi connectivity index (χ1n) is 8.13. The number of nitrogens with one attached hydrogen (secondary N) is 2. The smallest absolute Gasteiger partial charge is 0.222 e. The minimum atomic E-state index is -0.309. The summed E-state index contributed by atoms with van der Waals surface area (Å²) in [5.41, 5.74) is 2.86. The van der Waals surface area contributed by atoms with Crippen LogP contribution in [0.4, 0.5) is 16.6 Å². The average Bonchev–Trinajstić information content (AvgIpc) is 3.04. The molecule has 2 N–H and O–H groups in total. The number of thiazole rings is 1. The van der Waals surface area contributed by atoms with E-state index in [1.165, 1.54) is 6.92 Å². The van der Waals surface area contributed by atoms with E-state index in [4.69, 9.17) is 5.26 Å². The molecule has 27 heavy (non-hydrogen) atoms. The van der Waals surface area contributed by atoms with Crippen molar-refractivity contribution in [3.05, 3.63) is 70.1 Å². The van der Waals surface area contributed by atoms with Gasteiger partial charge in [0.15, 0.2) is 10.9 Å². The summed E-state index contributed by atoms with van der Waals surface area (Å²) in [6.07, 6.45) is 0. The number of carbonyl (C=O) groups excluding carboxylic acids is 2. The Kier molecular flexibility index (Phi) is 5.29. The molecule has 0 spiro atoms. The molecule has 0 bridgehead atoms. The number of hydrogen-bond donors (Lipinski definition) is 2. The van der Waals surface area contributed by atoms with Gasteiger partial charge in [0, 0.05) is 18.2 Å². The van der Waals surface area contributed by atoms with Crippen molar-refractivity contribution >= 4 is 39.7 Å². The van der Waals surface area contributed by atoms with Crippen LogP contribution < -0.4 is 10.6 Å². The number of amides is 1. The highest BCUT2D eigenvalue weighted by Crippen LogP contribution is 2.31. The Hall–Kier alpha value is -3.50. The molecule has 6 nitrogen and oxygen atoms in total. The van der Waals surface area contributed by atoms with Gasteiger partial charge in [-0.25, -0.2) is 4.98 Å². The Labute approximate surface area is 160 Å². The standard InChI is InChI=1S/C20H16N4O2S/c1-12-3-9-16(10-4-12)23-20-24-19(22-13(2)25)18(27-20)17(26)15-7-5-14(11-21)6-8-15/h3-10H,1-2H3,(H,22,25)(H,23,24). The molecule has 0 aliphatic carbocycles. The Bertz CT molecular complexity index is 1030. The number of nitriles is 1. The van der Waals surface area contributed by atoms with Gasteiger partial charge in [0.2, 0.25) is 11.7 Å². The number of ketones is 1. The minimum absolute atomic E-state index is 0.219. The second kappa shape index (κ2) is 7.81. The van der Waals surface area contributed by atoms with Gasteiger partial charge in [-0.1, -0.05) is 29.0 Å². The zero-order chi connectivity index (χ0) is 19.4. The van der Waals surface area contributed by atoms with E-state index in [0.717, 1.165) is 22.6 Å². The molecule has 0 saturated heterocycles. The van der Waals surface area contributed by atoms with Crippen molar-refractivity contribution in [3.63, 3.8) is 0 Å². The molecule has 1 amide bonds. The first-order valence-corrected chi connectivity index (χ1v) is 8.95. The third-order valence-electron chi connectivity index (χ3n) is 3.71. The molecular weight excluding hydrogens is 360 g/mol. The molecule has 0 fully saturated rings. The number of benzene rings is 2. The summed E-state index contributed by atoms with van der Waals surface area (Å²) < 4.78 is 0. The third-order valence-corrected chi connectivity index (χ3v) is 4.68. The molecule has 134 valence electrons. The van der Waals surface area contributed by atoms with Crippen molar-refractivity contribution in [1.29, 1.82) is 5.26 Å². The predicted octanol–water partition coefficient (Wildman–Crippen LogP) is 4.26. The van der Waals surface area contributed by atoms with E-state index in [1.54, 1.807) is 24.3 Å². The molecule has 1 heterocycles. The summed E-state index contributed by atoms with van der Waals surface area (Å²) in [5.74, 6) is -0.356. The monoisotopic (exact) mass is 376 g/mol. The van der Waals surface area contributed by atoms with Gasteiger partial charge in [-0.3, -0.25) is 9.59 Å². The maximum Gasteiger partial charge on any atom is 0.222 e. The molecular formula is C20H16N4O2S. The van der Waals surface area contributed by atoms with Crippen LogP contribution in [-0.2, 0) is 4.79 Å². The van der Waals surface area contributed by atoms with Crippen molar-refractivity contribution in [2.75, 3.05) is 10.6 Å². The number of anilines is 3. The Balaban J connectivity index is 1.93. The molecule has 0 atom stereocenters. The zero-order valence-electron chi connectivity index (χ0n) is 14.7. The quantitative estimate of drug-likeness (QED) is 0.649. The SMILES string of the molecule is CC(=O)Nc1nc(Nc2ccc(C)cc2)sc1C(=O)c1ccc(C#N)cc1. The highest BCUT2D eigenvalue weighted by molar-refractivity contribution is 7.18. The second-order valence-corrected chi connectivity index (χ2v) is 6.89. The normalized spacial score (nSPS) is 10.1. The van der Waals surface area contributed by atoms with Gasteiger partial charge in [-0.05, 0) is 43.3 Å². The number of carbonyl (C=O) groups is 2. The molecule has 0 aliphatic rings. The van der Waals surface area contributed by atoms with Crippen molar-refractivity contribution in [2.24, 2.45) is 0 Å². The van der Waals surface area contributed by atoms with Crippen molar-refractivity contribution in [3.8, 4) is 6.07 Å². The largest absolute Gasteiger partial charge is 0.331 e. The number of aromatic nitrogens is 1. The van der Waals surface area contributed by atoms with Gasteiger partial charge in [0.25, 0.3) is 0 Å². The molecule has 1 aromatic heterocycles. The van der Waals surface area contributed by atoms with Crippen LogP contribution in [0.2, 0.25) is 0 Å². The molecule has 0 saturated carbocycles. The summed E-state index contributed by atoms with van der Waals surface area (Å²) in [5, 5.41) is 15.1. The van der Waals surface area contributed by atoms with E-state index in [-0.39, 0.29) is 17.5 Å². The summed E-state index contributed by atoms with van der Waals surface area (Å²) in [6.45, 7) is 3.36. The maximum absolute atomic E-state index is 12.9. The summed E-state index contributed by atoms with van der Waals surface area (Å²) in [4.78, 5) is 29.0. The summed E-state index contributed by atoms with van der Waals surface area (Å²) in [7, 11) is 0. The molecule has 2 aromatic carbocycles. The van der Waals surface area contributed by atoms with Gasteiger partial charge < -0.3 is 10.6 Å². The predicted molar refractivity (Wildman–Crippen MR) is 105 cm³/mol. The van der Waals surface area contributed by atoms with E-state index < -0.39 is 0 Å². The van der Waals surface area contributed by atoms with Crippen molar-refractivity contribution in [1.82, 2.24) is 4.98 Å². The van der Waals surface area contributed by atoms with Gasteiger partial charge in [0.05, 0.1) is 11.6 Å².